The first-order valence-corrected chi connectivity index (χ1v) is 7.22. The summed E-state index contributed by atoms with van der Waals surface area (Å²) in [5.41, 5.74) is 3.25. The van der Waals surface area contributed by atoms with Gasteiger partial charge in [-0.05, 0) is 42.8 Å². The summed E-state index contributed by atoms with van der Waals surface area (Å²) < 4.78 is 0. The van der Waals surface area contributed by atoms with Crippen molar-refractivity contribution in [2.45, 2.75) is 13.0 Å². The first kappa shape index (κ1) is 15.0. The molecule has 4 heteroatoms. The van der Waals surface area contributed by atoms with Crippen LogP contribution in [0.3, 0.4) is 0 Å². The maximum atomic E-state index is 6.10. The number of nitrogens with one attached hydrogen (secondary N) is 1. The SMILES string of the molecule is CC(Nc1cc(Cl)ccc1N(C)C)c1cccc(Cl)c1. The van der Waals surface area contributed by atoms with Crippen molar-refractivity contribution < 1.29 is 0 Å². The second-order valence-electron chi connectivity index (χ2n) is 4.98. The van der Waals surface area contributed by atoms with Crippen molar-refractivity contribution in [1.29, 1.82) is 0 Å². The van der Waals surface area contributed by atoms with Crippen molar-refractivity contribution in [3.8, 4) is 0 Å². The molecular weight excluding hydrogens is 291 g/mol. The molecule has 0 saturated heterocycles. The lowest BCUT2D eigenvalue weighted by Crippen LogP contribution is -2.14. The molecule has 0 fully saturated rings. The van der Waals surface area contributed by atoms with Crippen LogP contribution in [-0.2, 0) is 0 Å². The fraction of sp³-hybridized carbons (Fsp3) is 0.250. The molecule has 0 bridgehead atoms. The Morgan fingerprint density at radius 2 is 1.70 bits per heavy atom. The predicted octanol–water partition coefficient (Wildman–Crippen LogP) is 5.23. The van der Waals surface area contributed by atoms with Crippen molar-refractivity contribution in [2.24, 2.45) is 0 Å². The van der Waals surface area contributed by atoms with Crippen LogP contribution in [0.15, 0.2) is 42.5 Å². The van der Waals surface area contributed by atoms with E-state index in [-0.39, 0.29) is 6.04 Å². The van der Waals surface area contributed by atoms with E-state index in [0.717, 1.165) is 27.0 Å². The van der Waals surface area contributed by atoms with Crippen molar-refractivity contribution in [3.63, 3.8) is 0 Å². The van der Waals surface area contributed by atoms with Gasteiger partial charge in [-0.15, -0.1) is 0 Å². The van der Waals surface area contributed by atoms with Crippen LogP contribution in [0.2, 0.25) is 10.0 Å². The molecule has 106 valence electrons. The molecule has 0 spiro atoms. The summed E-state index contributed by atoms with van der Waals surface area (Å²) in [6, 6.07) is 13.9. The normalized spacial score (nSPS) is 12.1. The number of hydrogen-bond acceptors (Lipinski definition) is 2. The molecule has 0 aliphatic carbocycles. The highest BCUT2D eigenvalue weighted by atomic mass is 35.5. The topological polar surface area (TPSA) is 15.3 Å². The lowest BCUT2D eigenvalue weighted by Gasteiger charge is -2.22. The molecule has 2 rings (SSSR count). The van der Waals surface area contributed by atoms with Gasteiger partial charge in [0, 0.05) is 30.2 Å². The first-order valence-electron chi connectivity index (χ1n) is 6.46. The number of benzene rings is 2. The highest BCUT2D eigenvalue weighted by molar-refractivity contribution is 6.31. The van der Waals surface area contributed by atoms with E-state index >= 15 is 0 Å². The van der Waals surface area contributed by atoms with Crippen LogP contribution in [0.1, 0.15) is 18.5 Å². The Morgan fingerprint density at radius 3 is 2.35 bits per heavy atom. The molecular formula is C16H18Cl2N2. The van der Waals surface area contributed by atoms with Crippen molar-refractivity contribution in [1.82, 2.24) is 0 Å². The second-order valence-corrected chi connectivity index (χ2v) is 5.85. The molecule has 0 saturated carbocycles. The second kappa shape index (κ2) is 6.38. The summed E-state index contributed by atoms with van der Waals surface area (Å²) in [7, 11) is 4.02. The smallest absolute Gasteiger partial charge is 0.0598 e. The minimum atomic E-state index is 0.144. The van der Waals surface area contributed by atoms with Crippen LogP contribution in [0.4, 0.5) is 11.4 Å². The number of hydrogen-bond donors (Lipinski definition) is 1. The first-order chi connectivity index (χ1) is 9.47. The van der Waals surface area contributed by atoms with E-state index in [2.05, 4.69) is 23.2 Å². The van der Waals surface area contributed by atoms with Gasteiger partial charge < -0.3 is 10.2 Å². The average molecular weight is 309 g/mol. The van der Waals surface area contributed by atoms with E-state index in [1.54, 1.807) is 0 Å². The quantitative estimate of drug-likeness (QED) is 0.831. The third-order valence-electron chi connectivity index (χ3n) is 3.16. The molecule has 0 aliphatic heterocycles. The van der Waals surface area contributed by atoms with Gasteiger partial charge in [-0.1, -0.05) is 35.3 Å². The zero-order valence-corrected chi connectivity index (χ0v) is 13.3. The zero-order chi connectivity index (χ0) is 14.7. The van der Waals surface area contributed by atoms with Gasteiger partial charge >= 0.3 is 0 Å². The third-order valence-corrected chi connectivity index (χ3v) is 3.63. The Kier molecular flexibility index (Phi) is 4.79. The minimum absolute atomic E-state index is 0.144. The zero-order valence-electron chi connectivity index (χ0n) is 11.8. The molecule has 2 aromatic rings. The van der Waals surface area contributed by atoms with Crippen LogP contribution in [0.5, 0.6) is 0 Å². The molecule has 1 atom stereocenters. The molecule has 1 unspecified atom stereocenters. The molecule has 0 aromatic heterocycles. The molecule has 0 radical (unpaired) electrons. The van der Waals surface area contributed by atoms with Gasteiger partial charge in [-0.3, -0.25) is 0 Å². The van der Waals surface area contributed by atoms with E-state index in [9.17, 15) is 0 Å². The van der Waals surface area contributed by atoms with Crippen LogP contribution in [-0.4, -0.2) is 14.1 Å². The minimum Gasteiger partial charge on any atom is -0.377 e. The van der Waals surface area contributed by atoms with E-state index < -0.39 is 0 Å². The fourth-order valence-electron chi connectivity index (χ4n) is 2.11. The monoisotopic (exact) mass is 308 g/mol. The summed E-state index contributed by atoms with van der Waals surface area (Å²) in [5.74, 6) is 0. The molecule has 2 aromatic carbocycles. The molecule has 2 nitrogen and oxygen atoms in total. The summed E-state index contributed by atoms with van der Waals surface area (Å²) >= 11 is 12.1. The maximum Gasteiger partial charge on any atom is 0.0598 e. The molecule has 1 N–H and O–H groups in total. The van der Waals surface area contributed by atoms with Gasteiger partial charge in [-0.2, -0.15) is 0 Å². The van der Waals surface area contributed by atoms with Crippen LogP contribution >= 0.6 is 23.2 Å². The Hall–Kier alpha value is -1.38. The lowest BCUT2D eigenvalue weighted by molar-refractivity contribution is 0.883. The molecule has 0 amide bonds. The van der Waals surface area contributed by atoms with Crippen LogP contribution in [0.25, 0.3) is 0 Å². The van der Waals surface area contributed by atoms with Crippen molar-refractivity contribution >= 4 is 34.6 Å². The Labute approximate surface area is 130 Å². The Balaban J connectivity index is 2.27. The highest BCUT2D eigenvalue weighted by Crippen LogP contribution is 2.31. The van der Waals surface area contributed by atoms with E-state index in [1.165, 1.54) is 0 Å². The van der Waals surface area contributed by atoms with E-state index in [1.807, 2.05) is 50.5 Å². The third kappa shape index (κ3) is 3.59. The largest absolute Gasteiger partial charge is 0.377 e. The Morgan fingerprint density at radius 1 is 1.00 bits per heavy atom. The summed E-state index contributed by atoms with van der Waals surface area (Å²) in [6.45, 7) is 2.10. The molecule has 0 aliphatic rings. The summed E-state index contributed by atoms with van der Waals surface area (Å²) in [6.07, 6.45) is 0. The van der Waals surface area contributed by atoms with Gasteiger partial charge in [0.15, 0.2) is 0 Å². The molecule has 0 heterocycles. The fourth-order valence-corrected chi connectivity index (χ4v) is 2.48. The average Bonchev–Trinajstić information content (AvgIpc) is 2.38. The number of rotatable bonds is 4. The van der Waals surface area contributed by atoms with E-state index in [4.69, 9.17) is 23.2 Å². The van der Waals surface area contributed by atoms with Gasteiger partial charge in [-0.25, -0.2) is 0 Å². The van der Waals surface area contributed by atoms with Crippen molar-refractivity contribution in [3.05, 3.63) is 58.1 Å². The molecule has 20 heavy (non-hydrogen) atoms. The van der Waals surface area contributed by atoms with E-state index in [0.29, 0.717) is 0 Å². The number of halogens is 2. The maximum absolute atomic E-state index is 6.10. The lowest BCUT2D eigenvalue weighted by atomic mass is 10.1. The van der Waals surface area contributed by atoms with Gasteiger partial charge in [0.25, 0.3) is 0 Å². The van der Waals surface area contributed by atoms with Gasteiger partial charge in [0.05, 0.1) is 11.4 Å². The van der Waals surface area contributed by atoms with Crippen LogP contribution < -0.4 is 10.2 Å². The van der Waals surface area contributed by atoms with Gasteiger partial charge in [0.1, 0.15) is 0 Å². The highest BCUT2D eigenvalue weighted by Gasteiger charge is 2.10. The summed E-state index contributed by atoms with van der Waals surface area (Å²) in [5, 5.41) is 4.96. The number of nitrogens with zero attached hydrogens (tertiary/aromatic N) is 1. The van der Waals surface area contributed by atoms with Crippen LogP contribution in [0, 0.1) is 0 Å². The Bertz CT molecular complexity index is 597. The van der Waals surface area contributed by atoms with Crippen molar-refractivity contribution in [2.75, 3.05) is 24.3 Å². The standard InChI is InChI=1S/C16H18Cl2N2/c1-11(12-5-4-6-13(17)9-12)19-15-10-14(18)7-8-16(15)20(2)3/h4-11,19H,1-3H3. The predicted molar refractivity (Wildman–Crippen MR) is 89.3 cm³/mol. The summed E-state index contributed by atoms with van der Waals surface area (Å²) in [4.78, 5) is 2.06. The van der Waals surface area contributed by atoms with Gasteiger partial charge in [0.2, 0.25) is 0 Å². The number of anilines is 2.